The molecule has 5 heterocycles. The van der Waals surface area contributed by atoms with Crippen molar-refractivity contribution in [1.82, 2.24) is 19.5 Å². The molecular formula is C21H27N6O15P2+. The number of phosphoric acid groups is 2. The number of H-pyrrole nitrogens is 1. The Balaban J connectivity index is 1.16. The maximum absolute atomic E-state index is 12.4. The van der Waals surface area contributed by atoms with Crippen molar-refractivity contribution in [3.8, 4) is 0 Å². The second-order valence-electron chi connectivity index (χ2n) is 9.66. The summed E-state index contributed by atoms with van der Waals surface area (Å²) in [6.45, 7) is -1.85. The summed E-state index contributed by atoms with van der Waals surface area (Å²) in [5.41, 5.74) is 4.60. The van der Waals surface area contributed by atoms with Gasteiger partial charge in [0, 0.05) is 6.07 Å². The lowest BCUT2D eigenvalue weighted by Crippen LogP contribution is -2.46. The Labute approximate surface area is 245 Å². The van der Waals surface area contributed by atoms with Crippen molar-refractivity contribution in [1.29, 1.82) is 0 Å². The number of aromatic nitrogens is 5. The molecule has 3 aromatic heterocycles. The van der Waals surface area contributed by atoms with E-state index >= 15 is 0 Å². The van der Waals surface area contributed by atoms with Crippen molar-refractivity contribution in [2.75, 3.05) is 13.2 Å². The second kappa shape index (κ2) is 12.4. The lowest BCUT2D eigenvalue weighted by atomic mass is 10.1. The Hall–Kier alpha value is -3.01. The van der Waals surface area contributed by atoms with Crippen LogP contribution in [0.3, 0.4) is 0 Å². The van der Waals surface area contributed by atoms with E-state index in [-0.39, 0.29) is 16.7 Å². The molecule has 0 bridgehead atoms. The third kappa shape index (κ3) is 6.65. The number of pyridine rings is 1. The first-order valence-corrected chi connectivity index (χ1v) is 15.6. The number of aromatic amines is 1. The molecule has 3 aromatic rings. The van der Waals surface area contributed by atoms with Gasteiger partial charge < -0.3 is 50.4 Å². The molecule has 0 radical (unpaired) electrons. The summed E-state index contributed by atoms with van der Waals surface area (Å²) in [5.74, 6) is -0.771. The SMILES string of the molecule is NC(=O)c1ccc[n+]([C@@H]2O[C@H](COP(=O)(O)OP(=O)(O)OC[C@H]3O[C@@H](n4cnc5nc[nH]c(=O)c54)[C@H](O)[C@@H]3O)[C@@H](O)[C@H]2O)c1. The van der Waals surface area contributed by atoms with Gasteiger partial charge in [-0.15, -0.1) is 0 Å². The van der Waals surface area contributed by atoms with Crippen LogP contribution in [0.2, 0.25) is 0 Å². The third-order valence-corrected chi connectivity index (χ3v) is 9.33. The Kier molecular flexibility index (Phi) is 9.13. The van der Waals surface area contributed by atoms with Gasteiger partial charge in [-0.05, 0) is 6.07 Å². The van der Waals surface area contributed by atoms with E-state index in [1.807, 2.05) is 0 Å². The summed E-state index contributed by atoms with van der Waals surface area (Å²) in [6, 6.07) is 2.82. The number of nitrogens with two attached hydrogens (primary N) is 1. The van der Waals surface area contributed by atoms with Crippen molar-refractivity contribution >= 4 is 32.7 Å². The number of phosphoric ester groups is 2. The minimum absolute atomic E-state index is 0.0160. The van der Waals surface area contributed by atoms with E-state index < -0.39 is 89.4 Å². The monoisotopic (exact) mass is 665 g/mol. The van der Waals surface area contributed by atoms with Crippen LogP contribution in [0.5, 0.6) is 0 Å². The molecular weight excluding hydrogens is 638 g/mol. The fourth-order valence-corrected chi connectivity index (χ4v) is 6.69. The number of hydrogen-bond acceptors (Lipinski definition) is 15. The lowest BCUT2D eigenvalue weighted by Gasteiger charge is -2.20. The molecule has 5 rings (SSSR count). The summed E-state index contributed by atoms with van der Waals surface area (Å²) >= 11 is 0. The number of imidazole rings is 1. The summed E-state index contributed by atoms with van der Waals surface area (Å²) in [4.78, 5) is 53.7. The maximum atomic E-state index is 12.4. The molecule has 0 aromatic carbocycles. The van der Waals surface area contributed by atoms with Gasteiger partial charge in [-0.1, -0.05) is 0 Å². The molecule has 0 saturated carbocycles. The average molecular weight is 665 g/mol. The van der Waals surface area contributed by atoms with Gasteiger partial charge in [-0.25, -0.2) is 19.1 Å². The molecule has 9 N–H and O–H groups in total. The Bertz CT molecular complexity index is 1690. The van der Waals surface area contributed by atoms with Crippen LogP contribution in [0.1, 0.15) is 22.8 Å². The second-order valence-corrected chi connectivity index (χ2v) is 12.7. The molecule has 2 aliphatic heterocycles. The number of ether oxygens (including phenoxy) is 2. The first-order valence-electron chi connectivity index (χ1n) is 12.6. The zero-order valence-corrected chi connectivity index (χ0v) is 23.9. The van der Waals surface area contributed by atoms with Gasteiger partial charge in [-0.3, -0.25) is 23.2 Å². The Morgan fingerprint density at radius 3 is 2.32 bits per heavy atom. The fourth-order valence-electron chi connectivity index (χ4n) is 4.60. The fraction of sp³-hybridized carbons (Fsp3) is 0.476. The van der Waals surface area contributed by atoms with E-state index in [0.29, 0.717) is 0 Å². The smallest absolute Gasteiger partial charge is 0.387 e. The largest absolute Gasteiger partial charge is 0.481 e. The Morgan fingerprint density at radius 1 is 1.02 bits per heavy atom. The molecule has 1 amide bonds. The predicted molar refractivity (Wildman–Crippen MR) is 138 cm³/mol. The predicted octanol–water partition coefficient (Wildman–Crippen LogP) is -3.30. The minimum Gasteiger partial charge on any atom is -0.387 e. The number of rotatable bonds is 11. The van der Waals surface area contributed by atoms with Crippen LogP contribution in [0.15, 0.2) is 42.0 Å². The molecule has 2 aliphatic rings. The first-order chi connectivity index (χ1) is 20.7. The van der Waals surface area contributed by atoms with Crippen molar-refractivity contribution in [3.05, 3.63) is 53.1 Å². The highest BCUT2D eigenvalue weighted by Crippen LogP contribution is 2.60. The van der Waals surface area contributed by atoms with Crippen molar-refractivity contribution < 1.29 is 71.5 Å². The third-order valence-electron chi connectivity index (χ3n) is 6.73. The normalized spacial score (nSPS) is 31.6. The van der Waals surface area contributed by atoms with E-state index in [2.05, 4.69) is 28.3 Å². The number of carbonyl (C=O) groups excluding carboxylic acids is 1. The first kappa shape index (κ1) is 32.4. The molecule has 2 fully saturated rings. The van der Waals surface area contributed by atoms with Gasteiger partial charge in [0.25, 0.3) is 17.7 Å². The van der Waals surface area contributed by atoms with E-state index in [4.69, 9.17) is 15.2 Å². The number of fused-ring (bicyclic) bond motifs is 1. The molecule has 240 valence electrons. The summed E-state index contributed by atoms with van der Waals surface area (Å²) in [7, 11) is -10.8. The molecule has 21 nitrogen and oxygen atoms in total. The number of aliphatic hydroxyl groups excluding tert-OH is 4. The summed E-state index contributed by atoms with van der Waals surface area (Å²) in [5, 5.41) is 41.5. The highest BCUT2D eigenvalue weighted by molar-refractivity contribution is 7.61. The van der Waals surface area contributed by atoms with Crippen LogP contribution in [-0.2, 0) is 32.0 Å². The van der Waals surface area contributed by atoms with Gasteiger partial charge >= 0.3 is 15.6 Å². The zero-order valence-electron chi connectivity index (χ0n) is 22.1. The Morgan fingerprint density at radius 2 is 1.66 bits per heavy atom. The number of hydrogen-bond donors (Lipinski definition) is 8. The maximum Gasteiger partial charge on any atom is 0.481 e. The molecule has 2 unspecified atom stereocenters. The van der Waals surface area contributed by atoms with Crippen LogP contribution in [0, 0.1) is 0 Å². The molecule has 44 heavy (non-hydrogen) atoms. The zero-order chi connectivity index (χ0) is 32.0. The quantitative estimate of drug-likeness (QED) is 0.0734. The number of primary amides is 1. The standard InChI is InChI=1S/C21H26N6O15P2/c22-17(32)9-2-1-3-26(4-9)20-15(30)13(28)10(40-20)5-38-43(34,35)42-44(36,37)39-6-11-14(29)16(31)21(41-11)27-8-25-18-12(27)19(33)24-7-23-18/h1-4,7-8,10-11,13-16,20-21,28-31H,5-6H2,(H4-,22,23,24,32,33,34,35,36,37)/p+1/t10-,11-,13-,14-,15-,16-,20-,21-/m1/s1. The summed E-state index contributed by atoms with van der Waals surface area (Å²) < 4.78 is 51.7. The van der Waals surface area contributed by atoms with Crippen LogP contribution in [0.4, 0.5) is 0 Å². The van der Waals surface area contributed by atoms with Gasteiger partial charge in [-0.2, -0.15) is 8.88 Å². The molecule has 0 aliphatic carbocycles. The van der Waals surface area contributed by atoms with E-state index in [1.165, 1.54) is 29.1 Å². The van der Waals surface area contributed by atoms with Crippen LogP contribution < -0.4 is 15.9 Å². The summed E-state index contributed by atoms with van der Waals surface area (Å²) in [6.07, 6.45) is -7.35. The van der Waals surface area contributed by atoms with Crippen molar-refractivity contribution in [2.45, 2.75) is 49.1 Å². The van der Waals surface area contributed by atoms with E-state index in [1.54, 1.807) is 0 Å². The van der Waals surface area contributed by atoms with Crippen LogP contribution in [-0.4, -0.2) is 105 Å². The number of nitrogens with zero attached hydrogens (tertiary/aromatic N) is 4. The van der Waals surface area contributed by atoms with Crippen LogP contribution >= 0.6 is 15.6 Å². The van der Waals surface area contributed by atoms with E-state index in [9.17, 15) is 48.9 Å². The van der Waals surface area contributed by atoms with Gasteiger partial charge in [0.1, 0.15) is 42.4 Å². The number of aliphatic hydroxyl groups is 4. The minimum atomic E-state index is -5.40. The molecule has 23 heteroatoms. The molecule has 2 saturated heterocycles. The lowest BCUT2D eigenvalue weighted by molar-refractivity contribution is -0.765. The molecule has 0 spiro atoms. The van der Waals surface area contributed by atoms with E-state index in [0.717, 1.165) is 17.2 Å². The van der Waals surface area contributed by atoms with Gasteiger partial charge in [0.15, 0.2) is 35.9 Å². The topological polar surface area (TPSA) is 312 Å². The number of amides is 1. The number of carbonyl (C=O) groups is 1. The average Bonchev–Trinajstić information content (AvgIpc) is 3.61. The highest BCUT2D eigenvalue weighted by atomic mass is 31.3. The molecule has 10 atom stereocenters. The highest BCUT2D eigenvalue weighted by Gasteiger charge is 2.50. The van der Waals surface area contributed by atoms with Crippen molar-refractivity contribution in [2.24, 2.45) is 5.73 Å². The van der Waals surface area contributed by atoms with Gasteiger partial charge in [0.05, 0.1) is 19.5 Å². The van der Waals surface area contributed by atoms with Crippen molar-refractivity contribution in [3.63, 3.8) is 0 Å². The van der Waals surface area contributed by atoms with Crippen LogP contribution in [0.25, 0.3) is 11.2 Å². The van der Waals surface area contributed by atoms with Gasteiger partial charge in [0.2, 0.25) is 0 Å². The number of nitrogens with one attached hydrogen (secondary N) is 1.